The largest absolute Gasteiger partial charge is 0.393 e. The Morgan fingerprint density at radius 3 is 1.23 bits per heavy atom. The molecule has 6 fully saturated rings. The highest BCUT2D eigenvalue weighted by Crippen LogP contribution is 2.66. The molecule has 8 unspecified atom stereocenters. The van der Waals surface area contributed by atoms with Gasteiger partial charge in [0.05, 0.1) is 47.3 Å². The van der Waals surface area contributed by atoms with Crippen molar-refractivity contribution in [1.29, 1.82) is 0 Å². The summed E-state index contributed by atoms with van der Waals surface area (Å²) in [5.41, 5.74) is 0.175. The maximum absolute atomic E-state index is 12.9. The molecule has 12 heteroatoms. The fraction of sp³-hybridized carbons (Fsp3) is 0.625. The third-order valence-corrected chi connectivity index (χ3v) is 12.0. The zero-order valence-corrected chi connectivity index (χ0v) is 25.3. The molecule has 10 aliphatic rings. The van der Waals surface area contributed by atoms with E-state index in [0.717, 1.165) is 11.1 Å². The van der Waals surface area contributed by atoms with Crippen LogP contribution in [0.15, 0.2) is 23.3 Å². The summed E-state index contributed by atoms with van der Waals surface area (Å²) in [5, 5.41) is 0. The molecule has 4 saturated heterocycles. The number of carbonyl (C=O) groups is 8. The highest BCUT2D eigenvalue weighted by Gasteiger charge is 2.75. The first-order chi connectivity index (χ1) is 20.6. The third kappa shape index (κ3) is 3.09. The van der Waals surface area contributed by atoms with Crippen LogP contribution in [-0.2, 0) is 47.8 Å². The number of likely N-dealkylation sites (tertiary alicyclic amines) is 2. The maximum atomic E-state index is 12.9. The summed E-state index contributed by atoms with van der Waals surface area (Å²) in [4.78, 5) is 102. The summed E-state index contributed by atoms with van der Waals surface area (Å²) in [6.45, 7) is 11.6. The number of nitrogens with zero attached hydrogens (tertiary/aromatic N) is 2. The molecule has 0 aromatic rings. The molecule has 8 atom stereocenters. The molecule has 4 heterocycles. The molecule has 12 nitrogen and oxygen atoms in total. The summed E-state index contributed by atoms with van der Waals surface area (Å²) in [7, 11) is 0. The Bertz CT molecular complexity index is 1500. The SMILES string of the molecule is CC1=CC2(C)C3C(=O)OC(=O)C3C1C1C(=O)OC(=O)C12.CCN1C(=O)C2C3C(C)=CC(C)(C2C1=O)C1C(=O)N(CC)C(=O)C31. The van der Waals surface area contributed by atoms with Gasteiger partial charge in [0.2, 0.25) is 23.6 Å². The monoisotopic (exact) mass is 606 g/mol. The lowest BCUT2D eigenvalue weighted by Crippen LogP contribution is -2.57. The Morgan fingerprint density at radius 2 is 0.864 bits per heavy atom. The van der Waals surface area contributed by atoms with Crippen LogP contribution in [-0.4, -0.2) is 70.4 Å². The molecule has 44 heavy (non-hydrogen) atoms. The second-order valence-electron chi connectivity index (χ2n) is 13.9. The standard InChI is InChI=1S/C18H22N2O4.C14H12O6/c1-5-19-14(21)10-9-8(3)7-18(4,12(10)16(19)23)13-11(9)15(22)20(6-2)17(13)24;1-4-3-14(2)8-6(10(15)19-12(8)17)5(4)7-9(14)13(18)20-11(7)16/h7,9-13H,5-6H2,1-4H3;3,5-9H,1-2H3. The number of hydrogen-bond donors (Lipinski definition) is 0. The van der Waals surface area contributed by atoms with Gasteiger partial charge in [0, 0.05) is 35.8 Å². The van der Waals surface area contributed by atoms with Gasteiger partial charge >= 0.3 is 23.9 Å². The molecule has 10 rings (SSSR count). The van der Waals surface area contributed by atoms with Gasteiger partial charge in [-0.25, -0.2) is 0 Å². The van der Waals surface area contributed by atoms with Gasteiger partial charge < -0.3 is 9.47 Å². The molecule has 232 valence electrons. The van der Waals surface area contributed by atoms with Crippen molar-refractivity contribution in [2.45, 2.75) is 41.5 Å². The minimum absolute atomic E-state index is 0.176. The second kappa shape index (κ2) is 8.82. The molecule has 4 aliphatic heterocycles. The van der Waals surface area contributed by atoms with Gasteiger partial charge in [-0.05, 0) is 27.7 Å². The van der Waals surface area contributed by atoms with Crippen molar-refractivity contribution >= 4 is 47.5 Å². The summed E-state index contributed by atoms with van der Waals surface area (Å²) >= 11 is 0. The number of esters is 4. The van der Waals surface area contributed by atoms with E-state index in [0.29, 0.717) is 13.1 Å². The highest BCUT2D eigenvalue weighted by atomic mass is 16.6. The minimum atomic E-state index is -0.888. The van der Waals surface area contributed by atoms with Gasteiger partial charge in [0.15, 0.2) is 0 Å². The van der Waals surface area contributed by atoms with Crippen molar-refractivity contribution in [3.8, 4) is 0 Å². The molecule has 4 amide bonds. The van der Waals surface area contributed by atoms with E-state index in [1.54, 1.807) is 20.8 Å². The number of ether oxygens (including phenoxy) is 2. The maximum Gasteiger partial charge on any atom is 0.318 e. The second-order valence-corrected chi connectivity index (χ2v) is 13.9. The molecule has 2 saturated carbocycles. The lowest BCUT2D eigenvalue weighted by molar-refractivity contribution is -0.155. The molecular weight excluding hydrogens is 572 g/mol. The van der Waals surface area contributed by atoms with Crippen molar-refractivity contribution in [1.82, 2.24) is 9.80 Å². The number of hydrogen-bond acceptors (Lipinski definition) is 10. The quantitative estimate of drug-likeness (QED) is 0.192. The van der Waals surface area contributed by atoms with E-state index < -0.39 is 88.0 Å². The van der Waals surface area contributed by atoms with Crippen molar-refractivity contribution in [3.63, 3.8) is 0 Å². The van der Waals surface area contributed by atoms with Crippen LogP contribution in [0.25, 0.3) is 0 Å². The van der Waals surface area contributed by atoms with Gasteiger partial charge in [0.25, 0.3) is 0 Å². The van der Waals surface area contributed by atoms with E-state index in [-0.39, 0.29) is 29.5 Å². The Labute approximate surface area is 253 Å². The van der Waals surface area contributed by atoms with E-state index in [2.05, 4.69) is 0 Å². The average Bonchev–Trinajstić information content (AvgIpc) is 3.60. The highest BCUT2D eigenvalue weighted by molar-refractivity contribution is 6.11. The minimum Gasteiger partial charge on any atom is -0.393 e. The zero-order valence-electron chi connectivity index (χ0n) is 25.3. The molecule has 4 bridgehead atoms. The van der Waals surface area contributed by atoms with Crippen LogP contribution in [0.2, 0.25) is 0 Å². The molecule has 6 aliphatic carbocycles. The van der Waals surface area contributed by atoms with Gasteiger partial charge in [-0.15, -0.1) is 0 Å². The molecular formula is C32H34N2O10. The van der Waals surface area contributed by atoms with Gasteiger partial charge in [-0.1, -0.05) is 37.1 Å². The Hall–Kier alpha value is -3.96. The fourth-order valence-electron chi connectivity index (χ4n) is 10.7. The van der Waals surface area contributed by atoms with Crippen molar-refractivity contribution in [3.05, 3.63) is 23.3 Å². The fourth-order valence-corrected chi connectivity index (χ4v) is 10.7. The predicted molar refractivity (Wildman–Crippen MR) is 146 cm³/mol. The Kier molecular flexibility index (Phi) is 5.77. The van der Waals surface area contributed by atoms with Gasteiger partial charge in [-0.2, -0.15) is 0 Å². The van der Waals surface area contributed by atoms with Crippen LogP contribution in [0.4, 0.5) is 0 Å². The topological polar surface area (TPSA) is 162 Å². The number of cyclic esters (lactones) is 4. The summed E-state index contributed by atoms with van der Waals surface area (Å²) in [6, 6.07) is 0. The van der Waals surface area contributed by atoms with Crippen LogP contribution in [0.1, 0.15) is 41.5 Å². The van der Waals surface area contributed by atoms with Crippen LogP contribution < -0.4 is 0 Å². The van der Waals surface area contributed by atoms with E-state index in [1.165, 1.54) is 9.80 Å². The molecule has 0 N–H and O–H groups in total. The lowest BCUT2D eigenvalue weighted by Gasteiger charge is -2.53. The number of imide groups is 2. The van der Waals surface area contributed by atoms with Crippen LogP contribution in [0, 0.1) is 70.0 Å². The molecule has 0 radical (unpaired) electrons. The van der Waals surface area contributed by atoms with Crippen molar-refractivity contribution in [2.75, 3.05) is 13.1 Å². The molecule has 0 aromatic heterocycles. The molecule has 0 spiro atoms. The third-order valence-electron chi connectivity index (χ3n) is 12.0. The van der Waals surface area contributed by atoms with E-state index >= 15 is 0 Å². The first-order valence-electron chi connectivity index (χ1n) is 15.3. The van der Waals surface area contributed by atoms with Crippen molar-refractivity contribution < 1.29 is 47.8 Å². The van der Waals surface area contributed by atoms with Gasteiger partial charge in [0.1, 0.15) is 0 Å². The first kappa shape index (κ1) is 28.8. The van der Waals surface area contributed by atoms with Crippen LogP contribution in [0.5, 0.6) is 0 Å². The number of amides is 4. The van der Waals surface area contributed by atoms with Crippen LogP contribution >= 0.6 is 0 Å². The summed E-state index contributed by atoms with van der Waals surface area (Å²) in [5.74, 6) is -8.64. The van der Waals surface area contributed by atoms with E-state index in [4.69, 9.17) is 9.47 Å². The Morgan fingerprint density at radius 1 is 0.523 bits per heavy atom. The average molecular weight is 607 g/mol. The lowest BCUT2D eigenvalue weighted by atomic mass is 9.46. The number of rotatable bonds is 2. The zero-order chi connectivity index (χ0) is 31.9. The Balaban J connectivity index is 0.000000144. The number of allylic oxidation sites excluding steroid dienone is 4. The normalized spacial score (nSPS) is 45.9. The van der Waals surface area contributed by atoms with Gasteiger partial charge in [-0.3, -0.25) is 48.2 Å². The predicted octanol–water partition coefficient (Wildman–Crippen LogP) is 1.04. The van der Waals surface area contributed by atoms with Crippen LogP contribution in [0.3, 0.4) is 0 Å². The smallest absolute Gasteiger partial charge is 0.318 e. The summed E-state index contributed by atoms with van der Waals surface area (Å²) < 4.78 is 9.53. The summed E-state index contributed by atoms with van der Waals surface area (Å²) in [6.07, 6.45) is 3.84. The first-order valence-corrected chi connectivity index (χ1v) is 15.3. The van der Waals surface area contributed by atoms with E-state index in [9.17, 15) is 38.4 Å². The number of carbonyl (C=O) groups excluding carboxylic acids is 8. The van der Waals surface area contributed by atoms with Crippen molar-refractivity contribution in [2.24, 2.45) is 70.0 Å². The van der Waals surface area contributed by atoms with E-state index in [1.807, 2.05) is 32.9 Å². The molecule has 0 aromatic carbocycles.